The summed E-state index contributed by atoms with van der Waals surface area (Å²) in [5.74, 6) is 0.154. The van der Waals surface area contributed by atoms with Gasteiger partial charge in [-0.25, -0.2) is 0 Å². The van der Waals surface area contributed by atoms with Gasteiger partial charge in [-0.1, -0.05) is 29.3 Å². The predicted octanol–water partition coefficient (Wildman–Crippen LogP) is 1.97. The minimum absolute atomic E-state index is 0.154. The van der Waals surface area contributed by atoms with E-state index in [2.05, 4.69) is 5.32 Å². The highest BCUT2D eigenvalue weighted by atomic mass is 35.5. The number of hydrogen-bond acceptors (Lipinski definition) is 2. The molecular formula is C12H14Cl2N2O. The molecule has 1 N–H and O–H groups in total. The molecule has 0 saturated carbocycles. The summed E-state index contributed by atoms with van der Waals surface area (Å²) >= 11 is 11.9. The Morgan fingerprint density at radius 1 is 1.35 bits per heavy atom. The van der Waals surface area contributed by atoms with Crippen LogP contribution in [0.2, 0.25) is 10.0 Å². The first-order chi connectivity index (χ1) is 8.16. The van der Waals surface area contributed by atoms with E-state index in [9.17, 15) is 4.79 Å². The van der Waals surface area contributed by atoms with Crippen molar-refractivity contribution in [3.8, 4) is 0 Å². The van der Waals surface area contributed by atoms with E-state index in [-0.39, 0.29) is 5.91 Å². The number of rotatable bonds is 3. The van der Waals surface area contributed by atoms with Crippen molar-refractivity contribution < 1.29 is 4.79 Å². The summed E-state index contributed by atoms with van der Waals surface area (Å²) in [5, 5.41) is 4.35. The van der Waals surface area contributed by atoms with Crippen LogP contribution in [-0.4, -0.2) is 37.0 Å². The first-order valence-corrected chi connectivity index (χ1v) is 6.35. The molecule has 0 radical (unpaired) electrons. The van der Waals surface area contributed by atoms with Crippen LogP contribution in [0.1, 0.15) is 5.56 Å². The first kappa shape index (κ1) is 12.7. The number of halogens is 2. The molecule has 17 heavy (non-hydrogen) atoms. The number of benzene rings is 1. The first-order valence-electron chi connectivity index (χ1n) is 5.59. The minimum Gasteiger partial charge on any atom is -0.340 e. The van der Waals surface area contributed by atoms with Crippen LogP contribution in [0.15, 0.2) is 18.2 Å². The Hall–Kier alpha value is -0.770. The average molecular weight is 273 g/mol. The van der Waals surface area contributed by atoms with Gasteiger partial charge in [0.1, 0.15) is 0 Å². The largest absolute Gasteiger partial charge is 0.340 e. The van der Waals surface area contributed by atoms with Crippen molar-refractivity contribution in [2.75, 3.05) is 26.2 Å². The predicted molar refractivity (Wildman–Crippen MR) is 69.6 cm³/mol. The number of nitrogens with one attached hydrogen (secondary N) is 1. The molecule has 0 aromatic heterocycles. The molecule has 5 heteroatoms. The lowest BCUT2D eigenvalue weighted by molar-refractivity contribution is -0.131. The zero-order chi connectivity index (χ0) is 12.3. The number of nitrogens with zero attached hydrogens (tertiary/aromatic N) is 1. The topological polar surface area (TPSA) is 32.3 Å². The van der Waals surface area contributed by atoms with Gasteiger partial charge in [-0.2, -0.15) is 0 Å². The highest BCUT2D eigenvalue weighted by molar-refractivity contribution is 6.35. The molecule has 0 spiro atoms. The van der Waals surface area contributed by atoms with E-state index in [1.54, 1.807) is 6.07 Å². The summed E-state index contributed by atoms with van der Waals surface area (Å²) in [6, 6.07) is 5.47. The van der Waals surface area contributed by atoms with Crippen LogP contribution in [-0.2, 0) is 11.2 Å². The molecule has 1 aromatic rings. The molecule has 0 atom stereocenters. The molecule has 1 aliphatic heterocycles. The highest BCUT2D eigenvalue weighted by Gasteiger charge is 2.17. The second-order valence-corrected chi connectivity index (χ2v) is 4.89. The summed E-state index contributed by atoms with van der Waals surface area (Å²) in [6.45, 7) is 2.78. The smallest absolute Gasteiger partial charge is 0.236 e. The van der Waals surface area contributed by atoms with E-state index in [0.29, 0.717) is 23.1 Å². The summed E-state index contributed by atoms with van der Waals surface area (Å²) < 4.78 is 0. The van der Waals surface area contributed by atoms with Crippen LogP contribution < -0.4 is 5.32 Å². The van der Waals surface area contributed by atoms with Crippen molar-refractivity contribution in [1.82, 2.24) is 10.2 Å². The fourth-order valence-corrected chi connectivity index (χ4v) is 2.37. The van der Waals surface area contributed by atoms with Crippen LogP contribution in [0.5, 0.6) is 0 Å². The van der Waals surface area contributed by atoms with Gasteiger partial charge in [-0.3, -0.25) is 4.79 Å². The highest BCUT2D eigenvalue weighted by Crippen LogP contribution is 2.21. The SMILES string of the molecule is O=C1CNCCN1CCc1ccc(Cl)cc1Cl. The Bertz CT molecular complexity index is 423. The number of carbonyl (C=O) groups is 1. The van der Waals surface area contributed by atoms with E-state index >= 15 is 0 Å². The third-order valence-corrected chi connectivity index (χ3v) is 3.44. The van der Waals surface area contributed by atoms with E-state index in [1.165, 1.54) is 0 Å². The van der Waals surface area contributed by atoms with Crippen LogP contribution in [0, 0.1) is 0 Å². The fourth-order valence-electron chi connectivity index (χ4n) is 1.86. The molecule has 1 fully saturated rings. The third kappa shape index (κ3) is 3.35. The van der Waals surface area contributed by atoms with E-state index in [0.717, 1.165) is 25.1 Å². The van der Waals surface area contributed by atoms with Gasteiger partial charge in [-0.15, -0.1) is 0 Å². The van der Waals surface area contributed by atoms with Crippen molar-refractivity contribution in [3.05, 3.63) is 33.8 Å². The van der Waals surface area contributed by atoms with Crippen molar-refractivity contribution >= 4 is 29.1 Å². The molecular weight excluding hydrogens is 259 g/mol. The molecule has 0 bridgehead atoms. The fraction of sp³-hybridized carbons (Fsp3) is 0.417. The lowest BCUT2D eigenvalue weighted by Gasteiger charge is -2.27. The maximum absolute atomic E-state index is 11.6. The van der Waals surface area contributed by atoms with Gasteiger partial charge < -0.3 is 10.2 Å². The second-order valence-electron chi connectivity index (χ2n) is 4.04. The Balaban J connectivity index is 1.95. The van der Waals surface area contributed by atoms with E-state index in [1.807, 2.05) is 17.0 Å². The van der Waals surface area contributed by atoms with Crippen LogP contribution in [0.25, 0.3) is 0 Å². The molecule has 2 rings (SSSR count). The van der Waals surface area contributed by atoms with Gasteiger partial charge in [0, 0.05) is 29.7 Å². The lowest BCUT2D eigenvalue weighted by Crippen LogP contribution is -2.48. The standard InChI is InChI=1S/C12H14Cl2N2O/c13-10-2-1-9(11(14)7-10)3-5-16-6-4-15-8-12(16)17/h1-2,7,15H,3-6,8H2. The number of carbonyl (C=O) groups excluding carboxylic acids is 1. The maximum atomic E-state index is 11.6. The number of hydrogen-bond donors (Lipinski definition) is 1. The Morgan fingerprint density at radius 2 is 2.18 bits per heavy atom. The monoisotopic (exact) mass is 272 g/mol. The van der Waals surface area contributed by atoms with Gasteiger partial charge >= 0.3 is 0 Å². The number of amides is 1. The Kier molecular flexibility index (Phi) is 4.26. The van der Waals surface area contributed by atoms with Gasteiger partial charge in [-0.05, 0) is 24.1 Å². The van der Waals surface area contributed by atoms with Crippen molar-refractivity contribution in [1.29, 1.82) is 0 Å². The maximum Gasteiger partial charge on any atom is 0.236 e. The number of piperazine rings is 1. The molecule has 3 nitrogen and oxygen atoms in total. The minimum atomic E-state index is 0.154. The normalized spacial score (nSPS) is 16.4. The van der Waals surface area contributed by atoms with Crippen molar-refractivity contribution in [2.24, 2.45) is 0 Å². The van der Waals surface area contributed by atoms with Crippen molar-refractivity contribution in [3.63, 3.8) is 0 Å². The molecule has 0 aliphatic carbocycles. The summed E-state index contributed by atoms with van der Waals surface area (Å²) in [7, 11) is 0. The van der Waals surface area contributed by atoms with Crippen LogP contribution in [0.3, 0.4) is 0 Å². The van der Waals surface area contributed by atoms with E-state index in [4.69, 9.17) is 23.2 Å². The molecule has 92 valence electrons. The van der Waals surface area contributed by atoms with Gasteiger partial charge in [0.2, 0.25) is 5.91 Å². The quantitative estimate of drug-likeness (QED) is 0.913. The second kappa shape index (κ2) is 5.71. The lowest BCUT2D eigenvalue weighted by atomic mass is 10.1. The average Bonchev–Trinajstić information content (AvgIpc) is 2.30. The zero-order valence-corrected chi connectivity index (χ0v) is 10.9. The van der Waals surface area contributed by atoms with Gasteiger partial charge in [0.25, 0.3) is 0 Å². The molecule has 1 amide bonds. The molecule has 1 heterocycles. The van der Waals surface area contributed by atoms with E-state index < -0.39 is 0 Å². The van der Waals surface area contributed by atoms with Crippen LogP contribution in [0.4, 0.5) is 0 Å². The molecule has 1 aliphatic rings. The van der Waals surface area contributed by atoms with Gasteiger partial charge in [0.15, 0.2) is 0 Å². The summed E-state index contributed by atoms with van der Waals surface area (Å²) in [5.41, 5.74) is 1.03. The molecule has 1 saturated heterocycles. The van der Waals surface area contributed by atoms with Crippen molar-refractivity contribution in [2.45, 2.75) is 6.42 Å². The molecule has 1 aromatic carbocycles. The Morgan fingerprint density at radius 3 is 2.88 bits per heavy atom. The van der Waals surface area contributed by atoms with Crippen LogP contribution >= 0.6 is 23.2 Å². The third-order valence-electron chi connectivity index (χ3n) is 2.85. The zero-order valence-electron chi connectivity index (χ0n) is 9.38. The summed E-state index contributed by atoms with van der Waals surface area (Å²) in [6.07, 6.45) is 0.766. The summed E-state index contributed by atoms with van der Waals surface area (Å²) in [4.78, 5) is 13.4. The molecule has 0 unspecified atom stereocenters. The van der Waals surface area contributed by atoms with Gasteiger partial charge in [0.05, 0.1) is 6.54 Å². The Labute approximate surface area is 111 Å².